The van der Waals surface area contributed by atoms with Crippen LogP contribution in [0.5, 0.6) is 0 Å². The van der Waals surface area contributed by atoms with Gasteiger partial charge in [-0.05, 0) is 31.3 Å². The Morgan fingerprint density at radius 1 is 1.25 bits per heavy atom. The molecule has 2 rings (SSSR count). The molecule has 2 N–H and O–H groups in total. The third-order valence-electron chi connectivity index (χ3n) is 3.27. The van der Waals surface area contributed by atoms with Crippen molar-refractivity contribution in [2.45, 2.75) is 6.54 Å². The molecule has 1 amide bonds. The number of rotatable bonds is 9. The molecule has 0 spiro atoms. The Morgan fingerprint density at radius 2 is 2.00 bits per heavy atom. The Bertz CT molecular complexity index is 655. The van der Waals surface area contributed by atoms with Gasteiger partial charge in [0, 0.05) is 30.9 Å². The van der Waals surface area contributed by atoms with Crippen LogP contribution in [0.1, 0.15) is 5.76 Å². The molecular weight excluding hydrogens is 312 g/mol. The first-order valence-corrected chi connectivity index (χ1v) is 7.50. The quantitative estimate of drug-likeness (QED) is 0.413. The van der Waals surface area contributed by atoms with Crippen LogP contribution >= 0.6 is 0 Å². The van der Waals surface area contributed by atoms with Gasteiger partial charge in [-0.15, -0.1) is 0 Å². The van der Waals surface area contributed by atoms with Crippen molar-refractivity contribution in [3.63, 3.8) is 0 Å². The van der Waals surface area contributed by atoms with Crippen LogP contribution in [0.2, 0.25) is 0 Å². The summed E-state index contributed by atoms with van der Waals surface area (Å²) in [5.41, 5.74) is 0.818. The van der Waals surface area contributed by atoms with Crippen molar-refractivity contribution in [2.75, 3.05) is 32.0 Å². The van der Waals surface area contributed by atoms with Crippen molar-refractivity contribution >= 4 is 17.3 Å². The number of non-ortho nitro benzene ring substituents is 1. The highest BCUT2D eigenvalue weighted by Crippen LogP contribution is 2.14. The fourth-order valence-electron chi connectivity index (χ4n) is 2.14. The normalized spacial score (nSPS) is 10.6. The number of benzene rings is 1. The summed E-state index contributed by atoms with van der Waals surface area (Å²) in [6.45, 7) is 1.84. The minimum atomic E-state index is -0.441. The third-order valence-corrected chi connectivity index (χ3v) is 3.27. The van der Waals surface area contributed by atoms with E-state index in [4.69, 9.17) is 4.42 Å². The number of nitrogens with zero attached hydrogens (tertiary/aromatic N) is 2. The van der Waals surface area contributed by atoms with E-state index in [1.165, 1.54) is 12.1 Å². The number of amides is 1. The summed E-state index contributed by atoms with van der Waals surface area (Å²) in [5, 5.41) is 16.5. The number of anilines is 1. The molecule has 0 unspecified atom stereocenters. The van der Waals surface area contributed by atoms with Gasteiger partial charge in [-0.25, -0.2) is 0 Å². The zero-order valence-electron chi connectivity index (χ0n) is 13.4. The molecule has 1 aromatic carbocycles. The summed E-state index contributed by atoms with van der Waals surface area (Å²) in [6.07, 6.45) is 1.60. The fraction of sp³-hybridized carbons (Fsp3) is 0.312. The Labute approximate surface area is 139 Å². The van der Waals surface area contributed by atoms with E-state index in [9.17, 15) is 14.9 Å². The highest BCUT2D eigenvalue weighted by atomic mass is 16.6. The van der Waals surface area contributed by atoms with Gasteiger partial charge in [0.15, 0.2) is 0 Å². The number of hydrogen-bond donors (Lipinski definition) is 2. The molecular formula is C16H20N4O4. The van der Waals surface area contributed by atoms with Gasteiger partial charge >= 0.3 is 0 Å². The van der Waals surface area contributed by atoms with E-state index >= 15 is 0 Å². The molecule has 0 aliphatic rings. The van der Waals surface area contributed by atoms with Crippen molar-refractivity contribution < 1.29 is 14.1 Å². The monoisotopic (exact) mass is 332 g/mol. The Hall–Kier alpha value is -2.87. The number of nitrogens with one attached hydrogen (secondary N) is 2. The lowest BCUT2D eigenvalue weighted by Crippen LogP contribution is -2.37. The molecule has 24 heavy (non-hydrogen) atoms. The standard InChI is InChI=1S/C16H20N4O4/c1-19(11-15-3-2-10-24-15)12-16(21)18-9-8-17-13-4-6-14(7-5-13)20(22)23/h2-7,10,17H,8-9,11-12H2,1H3,(H,18,21). The fourth-order valence-corrected chi connectivity index (χ4v) is 2.14. The Balaban J connectivity index is 1.62. The summed E-state index contributed by atoms with van der Waals surface area (Å²) in [4.78, 5) is 23.8. The summed E-state index contributed by atoms with van der Waals surface area (Å²) in [7, 11) is 1.84. The van der Waals surface area contributed by atoms with Crippen molar-refractivity contribution in [3.05, 3.63) is 58.5 Å². The van der Waals surface area contributed by atoms with Crippen LogP contribution in [0.3, 0.4) is 0 Å². The molecule has 0 atom stereocenters. The number of hydrogen-bond acceptors (Lipinski definition) is 6. The Kier molecular flexibility index (Phi) is 6.32. The van der Waals surface area contributed by atoms with Crippen LogP contribution in [0.4, 0.5) is 11.4 Å². The van der Waals surface area contributed by atoms with Crippen LogP contribution in [0, 0.1) is 10.1 Å². The minimum Gasteiger partial charge on any atom is -0.468 e. The first kappa shape index (κ1) is 17.5. The molecule has 0 radical (unpaired) electrons. The van der Waals surface area contributed by atoms with Crippen LogP contribution < -0.4 is 10.6 Å². The maximum Gasteiger partial charge on any atom is 0.269 e. The summed E-state index contributed by atoms with van der Waals surface area (Å²) < 4.78 is 5.23. The average molecular weight is 332 g/mol. The Morgan fingerprint density at radius 3 is 2.62 bits per heavy atom. The van der Waals surface area contributed by atoms with E-state index in [0.29, 0.717) is 19.6 Å². The first-order chi connectivity index (χ1) is 11.5. The zero-order chi connectivity index (χ0) is 17.4. The summed E-state index contributed by atoms with van der Waals surface area (Å²) in [6, 6.07) is 9.82. The number of likely N-dealkylation sites (N-methyl/N-ethyl adjacent to an activating group) is 1. The van der Waals surface area contributed by atoms with Crippen LogP contribution in [0.25, 0.3) is 0 Å². The molecule has 0 aliphatic carbocycles. The van der Waals surface area contributed by atoms with E-state index in [-0.39, 0.29) is 18.1 Å². The van der Waals surface area contributed by atoms with E-state index in [2.05, 4.69) is 10.6 Å². The van der Waals surface area contributed by atoms with Crippen LogP contribution in [-0.2, 0) is 11.3 Å². The second kappa shape index (κ2) is 8.68. The first-order valence-electron chi connectivity index (χ1n) is 7.50. The molecule has 0 fully saturated rings. The highest BCUT2D eigenvalue weighted by molar-refractivity contribution is 5.78. The van der Waals surface area contributed by atoms with E-state index in [1.54, 1.807) is 18.4 Å². The number of nitro benzene ring substituents is 1. The predicted octanol–water partition coefficient (Wildman–Crippen LogP) is 1.85. The second-order valence-electron chi connectivity index (χ2n) is 5.33. The summed E-state index contributed by atoms with van der Waals surface area (Å²) >= 11 is 0. The lowest BCUT2D eigenvalue weighted by atomic mass is 10.3. The van der Waals surface area contributed by atoms with Gasteiger partial charge < -0.3 is 15.1 Å². The summed E-state index contributed by atoms with van der Waals surface area (Å²) in [5.74, 6) is 0.736. The molecule has 0 saturated carbocycles. The van der Waals surface area contributed by atoms with E-state index < -0.39 is 4.92 Å². The van der Waals surface area contributed by atoms with E-state index in [0.717, 1.165) is 11.4 Å². The topological polar surface area (TPSA) is 101 Å². The lowest BCUT2D eigenvalue weighted by molar-refractivity contribution is -0.384. The minimum absolute atomic E-state index is 0.0495. The maximum atomic E-state index is 11.8. The van der Waals surface area contributed by atoms with Crippen molar-refractivity contribution in [2.24, 2.45) is 0 Å². The smallest absolute Gasteiger partial charge is 0.269 e. The predicted molar refractivity (Wildman–Crippen MR) is 89.6 cm³/mol. The SMILES string of the molecule is CN(CC(=O)NCCNc1ccc([N+](=O)[O-])cc1)Cc1ccco1. The van der Waals surface area contributed by atoms with Gasteiger partial charge in [0.05, 0.1) is 24.3 Å². The third kappa shape index (κ3) is 5.73. The van der Waals surface area contributed by atoms with Gasteiger partial charge in [-0.2, -0.15) is 0 Å². The number of nitro groups is 1. The van der Waals surface area contributed by atoms with Crippen LogP contribution in [0.15, 0.2) is 47.1 Å². The molecule has 1 heterocycles. The van der Waals surface area contributed by atoms with Gasteiger partial charge in [-0.3, -0.25) is 19.8 Å². The number of carbonyl (C=O) groups excluding carboxylic acids is 1. The maximum absolute atomic E-state index is 11.8. The average Bonchev–Trinajstić information content (AvgIpc) is 3.04. The van der Waals surface area contributed by atoms with E-state index in [1.807, 2.05) is 24.1 Å². The van der Waals surface area contributed by atoms with Gasteiger partial charge in [-0.1, -0.05) is 0 Å². The largest absolute Gasteiger partial charge is 0.468 e. The van der Waals surface area contributed by atoms with Gasteiger partial charge in [0.2, 0.25) is 5.91 Å². The zero-order valence-corrected chi connectivity index (χ0v) is 13.4. The van der Waals surface area contributed by atoms with Gasteiger partial charge in [0.1, 0.15) is 5.76 Å². The molecule has 0 saturated heterocycles. The van der Waals surface area contributed by atoms with Crippen LogP contribution in [-0.4, -0.2) is 42.4 Å². The lowest BCUT2D eigenvalue weighted by Gasteiger charge is -2.15. The van der Waals surface area contributed by atoms with Crippen molar-refractivity contribution in [1.82, 2.24) is 10.2 Å². The van der Waals surface area contributed by atoms with Crippen molar-refractivity contribution in [3.8, 4) is 0 Å². The highest BCUT2D eigenvalue weighted by Gasteiger charge is 2.08. The second-order valence-corrected chi connectivity index (χ2v) is 5.33. The van der Waals surface area contributed by atoms with Gasteiger partial charge in [0.25, 0.3) is 5.69 Å². The van der Waals surface area contributed by atoms with Crippen molar-refractivity contribution in [1.29, 1.82) is 0 Å². The number of furan rings is 1. The molecule has 8 heteroatoms. The molecule has 128 valence electrons. The molecule has 0 bridgehead atoms. The molecule has 2 aromatic rings. The molecule has 1 aromatic heterocycles. The molecule has 0 aliphatic heterocycles. The molecule has 8 nitrogen and oxygen atoms in total. The number of carbonyl (C=O) groups is 1.